The van der Waals surface area contributed by atoms with E-state index in [0.717, 1.165) is 29.7 Å². The minimum absolute atomic E-state index is 0.0291. The van der Waals surface area contributed by atoms with Crippen LogP contribution in [0.1, 0.15) is 31.7 Å². The predicted molar refractivity (Wildman–Crippen MR) is 97.3 cm³/mol. The summed E-state index contributed by atoms with van der Waals surface area (Å²) in [4.78, 5) is 16.5. The Labute approximate surface area is 145 Å². The van der Waals surface area contributed by atoms with Gasteiger partial charge in [0.05, 0.1) is 0 Å². The molecule has 4 nitrogen and oxygen atoms in total. The number of hydrogen-bond acceptors (Lipinski definition) is 3. The van der Waals surface area contributed by atoms with E-state index < -0.39 is 0 Å². The molecule has 1 heterocycles. The normalized spacial score (nSPS) is 11.0. The number of anilines is 1. The Morgan fingerprint density at radius 3 is 2.92 bits per heavy atom. The summed E-state index contributed by atoms with van der Waals surface area (Å²) in [5.74, 6) is 0.552. The molecule has 0 atom stereocenters. The first-order chi connectivity index (χ1) is 11.6. The highest BCUT2D eigenvalue weighted by Crippen LogP contribution is 2.31. The quantitative estimate of drug-likeness (QED) is 0.658. The van der Waals surface area contributed by atoms with Gasteiger partial charge in [-0.25, -0.2) is 4.98 Å². The van der Waals surface area contributed by atoms with Gasteiger partial charge in [0.1, 0.15) is 5.52 Å². The first-order valence-electron chi connectivity index (χ1n) is 8.04. The zero-order valence-corrected chi connectivity index (χ0v) is 14.5. The van der Waals surface area contributed by atoms with Crippen LogP contribution in [-0.4, -0.2) is 10.9 Å². The number of fused-ring (bicyclic) bond motifs is 1. The molecule has 0 radical (unpaired) electrons. The van der Waals surface area contributed by atoms with Gasteiger partial charge in [0, 0.05) is 22.7 Å². The summed E-state index contributed by atoms with van der Waals surface area (Å²) in [7, 11) is 0. The van der Waals surface area contributed by atoms with Crippen LogP contribution in [0, 0.1) is 6.92 Å². The van der Waals surface area contributed by atoms with Crippen LogP contribution in [0.2, 0.25) is 5.02 Å². The zero-order valence-electron chi connectivity index (χ0n) is 13.7. The van der Waals surface area contributed by atoms with Gasteiger partial charge < -0.3 is 9.73 Å². The molecule has 0 bridgehead atoms. The average molecular weight is 343 g/mol. The monoisotopic (exact) mass is 342 g/mol. The number of carbonyl (C=O) groups is 1. The van der Waals surface area contributed by atoms with Crippen LogP contribution in [0.5, 0.6) is 0 Å². The Bertz CT molecular complexity index is 886. The molecule has 0 aliphatic carbocycles. The number of aromatic nitrogens is 1. The minimum Gasteiger partial charge on any atom is -0.436 e. The second kappa shape index (κ2) is 7.05. The Morgan fingerprint density at radius 1 is 1.29 bits per heavy atom. The summed E-state index contributed by atoms with van der Waals surface area (Å²) >= 11 is 6.00. The van der Waals surface area contributed by atoms with E-state index >= 15 is 0 Å². The van der Waals surface area contributed by atoms with E-state index in [9.17, 15) is 4.79 Å². The number of amides is 1. The summed E-state index contributed by atoms with van der Waals surface area (Å²) in [6.45, 7) is 4.02. The molecule has 0 unspecified atom stereocenters. The molecule has 3 rings (SSSR count). The minimum atomic E-state index is 0.0291. The number of benzene rings is 2. The second-order valence-electron chi connectivity index (χ2n) is 5.76. The molecular formula is C19H19ClN2O2. The van der Waals surface area contributed by atoms with Crippen molar-refractivity contribution >= 4 is 34.3 Å². The van der Waals surface area contributed by atoms with Gasteiger partial charge in [0.25, 0.3) is 0 Å². The fraction of sp³-hybridized carbons (Fsp3) is 0.263. The number of nitrogens with one attached hydrogen (secondary N) is 1. The lowest BCUT2D eigenvalue weighted by Gasteiger charge is -2.10. The third-order valence-electron chi connectivity index (χ3n) is 3.95. The molecule has 5 heteroatoms. The molecule has 0 saturated heterocycles. The number of hydrogen-bond donors (Lipinski definition) is 1. The molecule has 0 saturated carbocycles. The average Bonchev–Trinajstić information content (AvgIpc) is 2.97. The molecule has 124 valence electrons. The van der Waals surface area contributed by atoms with Gasteiger partial charge in [-0.05, 0) is 49.2 Å². The van der Waals surface area contributed by atoms with Crippen molar-refractivity contribution in [3.8, 4) is 11.5 Å². The van der Waals surface area contributed by atoms with E-state index in [4.69, 9.17) is 16.0 Å². The fourth-order valence-electron chi connectivity index (χ4n) is 2.57. The van der Waals surface area contributed by atoms with Gasteiger partial charge in [0.2, 0.25) is 11.8 Å². The van der Waals surface area contributed by atoms with Crippen molar-refractivity contribution < 1.29 is 9.21 Å². The van der Waals surface area contributed by atoms with Crippen LogP contribution in [0.3, 0.4) is 0 Å². The van der Waals surface area contributed by atoms with E-state index in [1.54, 1.807) is 18.2 Å². The number of oxazole rings is 1. The predicted octanol–water partition coefficient (Wildman–Crippen LogP) is 5.59. The zero-order chi connectivity index (χ0) is 17.1. The SMILES string of the molecule is CCCCC(=O)Nc1cccc(-c2nc3cc(Cl)ccc3o2)c1C. The summed E-state index contributed by atoms with van der Waals surface area (Å²) < 4.78 is 5.83. The lowest BCUT2D eigenvalue weighted by molar-refractivity contribution is -0.116. The summed E-state index contributed by atoms with van der Waals surface area (Å²) in [6, 6.07) is 11.1. The fourth-order valence-corrected chi connectivity index (χ4v) is 2.73. The standard InChI is InChI=1S/C19H19ClN2O2/c1-3-4-8-18(23)21-15-7-5-6-14(12(15)2)19-22-16-11-13(20)9-10-17(16)24-19/h5-7,9-11H,3-4,8H2,1-2H3,(H,21,23). The van der Waals surface area contributed by atoms with E-state index in [1.807, 2.05) is 25.1 Å². The number of carbonyl (C=O) groups excluding carboxylic acids is 1. The molecule has 3 aromatic rings. The van der Waals surface area contributed by atoms with E-state index in [2.05, 4.69) is 17.2 Å². The molecule has 24 heavy (non-hydrogen) atoms. The lowest BCUT2D eigenvalue weighted by Crippen LogP contribution is -2.12. The molecular weight excluding hydrogens is 324 g/mol. The van der Waals surface area contributed by atoms with Gasteiger partial charge in [-0.15, -0.1) is 0 Å². The highest BCUT2D eigenvalue weighted by atomic mass is 35.5. The number of unbranched alkanes of at least 4 members (excludes halogenated alkanes) is 1. The topological polar surface area (TPSA) is 55.1 Å². The van der Waals surface area contributed by atoms with Crippen LogP contribution in [0.25, 0.3) is 22.6 Å². The third kappa shape index (κ3) is 3.44. The highest BCUT2D eigenvalue weighted by molar-refractivity contribution is 6.31. The molecule has 0 spiro atoms. The molecule has 0 fully saturated rings. The maximum Gasteiger partial charge on any atom is 0.227 e. The molecule has 2 aromatic carbocycles. The first-order valence-corrected chi connectivity index (χ1v) is 8.42. The Hall–Kier alpha value is -2.33. The van der Waals surface area contributed by atoms with E-state index in [-0.39, 0.29) is 5.91 Å². The van der Waals surface area contributed by atoms with E-state index in [1.165, 1.54) is 0 Å². The number of halogens is 1. The van der Waals surface area contributed by atoms with Gasteiger partial charge in [-0.3, -0.25) is 4.79 Å². The highest BCUT2D eigenvalue weighted by Gasteiger charge is 2.14. The first kappa shape index (κ1) is 16.5. The lowest BCUT2D eigenvalue weighted by atomic mass is 10.1. The van der Waals surface area contributed by atoms with Crippen LogP contribution in [-0.2, 0) is 4.79 Å². The molecule has 0 aliphatic heterocycles. The van der Waals surface area contributed by atoms with Crippen LogP contribution >= 0.6 is 11.6 Å². The van der Waals surface area contributed by atoms with Gasteiger partial charge in [0.15, 0.2) is 5.58 Å². The van der Waals surface area contributed by atoms with Crippen molar-refractivity contribution in [3.05, 3.63) is 47.0 Å². The summed E-state index contributed by atoms with van der Waals surface area (Å²) in [6.07, 6.45) is 2.41. The smallest absolute Gasteiger partial charge is 0.227 e. The van der Waals surface area contributed by atoms with Crippen LogP contribution in [0.4, 0.5) is 5.69 Å². The largest absolute Gasteiger partial charge is 0.436 e. The molecule has 1 amide bonds. The van der Waals surface area contributed by atoms with Crippen molar-refractivity contribution in [1.29, 1.82) is 0 Å². The van der Waals surface area contributed by atoms with Crippen molar-refractivity contribution in [2.45, 2.75) is 33.1 Å². The van der Waals surface area contributed by atoms with Crippen molar-refractivity contribution in [2.24, 2.45) is 0 Å². The number of rotatable bonds is 5. The van der Waals surface area contributed by atoms with E-state index in [0.29, 0.717) is 28.4 Å². The Morgan fingerprint density at radius 2 is 2.12 bits per heavy atom. The number of nitrogens with zero attached hydrogens (tertiary/aromatic N) is 1. The van der Waals surface area contributed by atoms with Gasteiger partial charge in [-0.2, -0.15) is 0 Å². The van der Waals surface area contributed by atoms with Crippen LogP contribution in [0.15, 0.2) is 40.8 Å². The maximum atomic E-state index is 12.0. The molecule has 1 N–H and O–H groups in total. The second-order valence-corrected chi connectivity index (χ2v) is 6.20. The maximum absolute atomic E-state index is 12.0. The van der Waals surface area contributed by atoms with Crippen molar-refractivity contribution in [1.82, 2.24) is 4.98 Å². The van der Waals surface area contributed by atoms with Gasteiger partial charge in [-0.1, -0.05) is 31.0 Å². The summed E-state index contributed by atoms with van der Waals surface area (Å²) in [5.41, 5.74) is 3.98. The van der Waals surface area contributed by atoms with Crippen molar-refractivity contribution in [3.63, 3.8) is 0 Å². The van der Waals surface area contributed by atoms with Crippen LogP contribution < -0.4 is 5.32 Å². The molecule has 1 aromatic heterocycles. The Kier molecular flexibility index (Phi) is 4.86. The molecule has 0 aliphatic rings. The Balaban J connectivity index is 1.93. The van der Waals surface area contributed by atoms with Gasteiger partial charge >= 0.3 is 0 Å². The van der Waals surface area contributed by atoms with Crippen molar-refractivity contribution in [2.75, 3.05) is 5.32 Å². The third-order valence-corrected chi connectivity index (χ3v) is 4.18. The summed E-state index contributed by atoms with van der Waals surface area (Å²) in [5, 5.41) is 3.59.